The highest BCUT2D eigenvalue weighted by atomic mass is 35.5. The molecule has 1 rings (SSSR count). The number of halogens is 1. The van der Waals surface area contributed by atoms with Crippen LogP contribution < -0.4 is 5.73 Å². The van der Waals surface area contributed by atoms with Gasteiger partial charge < -0.3 is 10.5 Å². The van der Waals surface area contributed by atoms with Crippen molar-refractivity contribution >= 4 is 23.3 Å². The van der Waals surface area contributed by atoms with Crippen LogP contribution in [0, 0.1) is 6.92 Å². The topological polar surface area (TPSA) is 65.2 Å². The first-order valence-electron chi connectivity index (χ1n) is 3.56. The Labute approximate surface area is 80.7 Å². The molecule has 0 atom stereocenters. The average Bonchev–Trinajstić information content (AvgIpc) is 2.12. The molecule has 1 aromatic heterocycles. The molecule has 0 aliphatic heterocycles. The van der Waals surface area contributed by atoms with Crippen LogP contribution in [0.2, 0.25) is 5.15 Å². The van der Waals surface area contributed by atoms with E-state index in [1.807, 2.05) is 0 Å². The number of aryl methyl sites for hydroxylation is 1. The fourth-order valence-electron chi connectivity index (χ4n) is 0.976. The van der Waals surface area contributed by atoms with E-state index in [9.17, 15) is 4.79 Å². The van der Waals surface area contributed by atoms with Crippen molar-refractivity contribution in [3.05, 3.63) is 22.5 Å². The first-order valence-corrected chi connectivity index (χ1v) is 3.94. The number of nitrogens with zero attached hydrogens (tertiary/aromatic N) is 1. The molecule has 13 heavy (non-hydrogen) atoms. The number of anilines is 1. The second-order valence-corrected chi connectivity index (χ2v) is 2.87. The van der Waals surface area contributed by atoms with Crippen molar-refractivity contribution in [2.75, 3.05) is 12.8 Å². The molecule has 0 aliphatic rings. The molecule has 0 aromatic carbocycles. The third kappa shape index (κ3) is 1.72. The smallest absolute Gasteiger partial charge is 0.340 e. The van der Waals surface area contributed by atoms with Crippen LogP contribution >= 0.6 is 11.6 Å². The zero-order valence-corrected chi connectivity index (χ0v) is 8.05. The van der Waals surface area contributed by atoms with Crippen LogP contribution in [0.1, 0.15) is 15.9 Å². The molecule has 4 nitrogen and oxygen atoms in total. The highest BCUT2D eigenvalue weighted by Crippen LogP contribution is 2.23. The number of rotatable bonds is 1. The van der Waals surface area contributed by atoms with Gasteiger partial charge >= 0.3 is 5.97 Å². The van der Waals surface area contributed by atoms with Crippen molar-refractivity contribution in [3.63, 3.8) is 0 Å². The summed E-state index contributed by atoms with van der Waals surface area (Å²) in [6, 6.07) is 0. The van der Waals surface area contributed by atoms with Gasteiger partial charge in [0.15, 0.2) is 5.15 Å². The van der Waals surface area contributed by atoms with Gasteiger partial charge in [0.1, 0.15) is 0 Å². The standard InChI is InChI=1S/C8H9ClN2O2/c1-4-3-11-7(9)6(10)5(4)8(12)13-2/h3H,10H2,1-2H3. The number of esters is 1. The number of methoxy groups -OCH3 is 1. The summed E-state index contributed by atoms with van der Waals surface area (Å²) in [6.07, 6.45) is 1.48. The van der Waals surface area contributed by atoms with E-state index in [1.165, 1.54) is 13.3 Å². The zero-order valence-electron chi connectivity index (χ0n) is 7.30. The van der Waals surface area contributed by atoms with E-state index in [0.717, 1.165) is 0 Å². The lowest BCUT2D eigenvalue weighted by molar-refractivity contribution is 0.0601. The van der Waals surface area contributed by atoms with Crippen LogP contribution in [0.25, 0.3) is 0 Å². The van der Waals surface area contributed by atoms with Crippen molar-refractivity contribution < 1.29 is 9.53 Å². The molecule has 1 aromatic rings. The maximum absolute atomic E-state index is 11.2. The molecular formula is C8H9ClN2O2. The number of hydrogen-bond acceptors (Lipinski definition) is 4. The first kappa shape index (κ1) is 9.80. The normalized spacial score (nSPS) is 9.77. The molecule has 0 bridgehead atoms. The van der Waals surface area contributed by atoms with E-state index < -0.39 is 5.97 Å². The number of nitrogens with two attached hydrogens (primary N) is 1. The molecule has 0 fully saturated rings. The lowest BCUT2D eigenvalue weighted by atomic mass is 10.1. The van der Waals surface area contributed by atoms with E-state index in [1.54, 1.807) is 6.92 Å². The largest absolute Gasteiger partial charge is 0.465 e. The fraction of sp³-hybridized carbons (Fsp3) is 0.250. The molecule has 0 saturated carbocycles. The summed E-state index contributed by atoms with van der Waals surface area (Å²) in [6.45, 7) is 1.71. The minimum Gasteiger partial charge on any atom is -0.465 e. The number of ether oxygens (including phenoxy) is 1. The van der Waals surface area contributed by atoms with Crippen LogP contribution in [0.3, 0.4) is 0 Å². The Morgan fingerprint density at radius 1 is 1.69 bits per heavy atom. The lowest BCUT2D eigenvalue weighted by Crippen LogP contribution is -2.09. The highest BCUT2D eigenvalue weighted by Gasteiger charge is 2.16. The van der Waals surface area contributed by atoms with Gasteiger partial charge in [-0.3, -0.25) is 0 Å². The third-order valence-corrected chi connectivity index (χ3v) is 1.95. The number of pyridine rings is 1. The predicted molar refractivity (Wildman–Crippen MR) is 49.7 cm³/mol. The Morgan fingerprint density at radius 2 is 2.31 bits per heavy atom. The van der Waals surface area contributed by atoms with Gasteiger partial charge in [-0.15, -0.1) is 0 Å². The molecule has 5 heteroatoms. The zero-order chi connectivity index (χ0) is 10.0. The Balaban J connectivity index is 3.33. The summed E-state index contributed by atoms with van der Waals surface area (Å²) in [5.41, 5.74) is 6.65. The minimum atomic E-state index is -0.501. The molecular weight excluding hydrogens is 192 g/mol. The number of nitrogen functional groups attached to an aromatic ring is 1. The predicted octanol–water partition coefficient (Wildman–Crippen LogP) is 1.41. The van der Waals surface area contributed by atoms with Crippen molar-refractivity contribution in [1.29, 1.82) is 0 Å². The summed E-state index contributed by atoms with van der Waals surface area (Å²) in [5, 5.41) is 0.117. The van der Waals surface area contributed by atoms with Crippen molar-refractivity contribution in [1.82, 2.24) is 4.98 Å². The van der Waals surface area contributed by atoms with Gasteiger partial charge in [-0.25, -0.2) is 9.78 Å². The Morgan fingerprint density at radius 3 is 2.85 bits per heavy atom. The van der Waals surface area contributed by atoms with Gasteiger partial charge in [-0.2, -0.15) is 0 Å². The second-order valence-electron chi connectivity index (χ2n) is 2.51. The van der Waals surface area contributed by atoms with Crippen LogP contribution in [-0.4, -0.2) is 18.1 Å². The minimum absolute atomic E-state index is 0.117. The van der Waals surface area contributed by atoms with E-state index in [0.29, 0.717) is 5.56 Å². The number of hydrogen-bond donors (Lipinski definition) is 1. The number of aromatic nitrogens is 1. The molecule has 2 N–H and O–H groups in total. The van der Waals surface area contributed by atoms with Crippen LogP contribution in [-0.2, 0) is 4.74 Å². The summed E-state index contributed by atoms with van der Waals surface area (Å²) in [5.74, 6) is -0.501. The van der Waals surface area contributed by atoms with Crippen LogP contribution in [0.15, 0.2) is 6.20 Å². The maximum atomic E-state index is 11.2. The third-order valence-electron chi connectivity index (χ3n) is 1.65. The number of carbonyl (C=O) groups is 1. The molecule has 0 radical (unpaired) electrons. The SMILES string of the molecule is COC(=O)c1c(C)cnc(Cl)c1N. The fourth-order valence-corrected chi connectivity index (χ4v) is 1.12. The van der Waals surface area contributed by atoms with Crippen molar-refractivity contribution in [2.24, 2.45) is 0 Å². The Hall–Kier alpha value is -1.29. The first-order chi connectivity index (χ1) is 6.07. The molecule has 0 aliphatic carbocycles. The van der Waals surface area contributed by atoms with Gasteiger partial charge in [-0.05, 0) is 12.5 Å². The summed E-state index contributed by atoms with van der Waals surface area (Å²) >= 11 is 5.64. The molecule has 0 unspecified atom stereocenters. The summed E-state index contributed by atoms with van der Waals surface area (Å²) in [7, 11) is 1.29. The monoisotopic (exact) mass is 200 g/mol. The van der Waals surface area contributed by atoms with E-state index in [2.05, 4.69) is 9.72 Å². The van der Waals surface area contributed by atoms with Crippen molar-refractivity contribution in [2.45, 2.75) is 6.92 Å². The van der Waals surface area contributed by atoms with Gasteiger partial charge in [0.2, 0.25) is 0 Å². The highest BCUT2D eigenvalue weighted by molar-refractivity contribution is 6.32. The van der Waals surface area contributed by atoms with Gasteiger partial charge in [0, 0.05) is 6.20 Å². The van der Waals surface area contributed by atoms with E-state index in [4.69, 9.17) is 17.3 Å². The molecule has 0 saturated heterocycles. The Kier molecular flexibility index (Phi) is 2.72. The lowest BCUT2D eigenvalue weighted by Gasteiger charge is -2.07. The number of carbonyl (C=O) groups excluding carboxylic acids is 1. The van der Waals surface area contributed by atoms with Crippen LogP contribution in [0.4, 0.5) is 5.69 Å². The summed E-state index contributed by atoms with van der Waals surface area (Å²) < 4.78 is 4.55. The quantitative estimate of drug-likeness (QED) is 0.550. The maximum Gasteiger partial charge on any atom is 0.340 e. The van der Waals surface area contributed by atoms with E-state index >= 15 is 0 Å². The van der Waals surface area contributed by atoms with Crippen molar-refractivity contribution in [3.8, 4) is 0 Å². The summed E-state index contributed by atoms with van der Waals surface area (Å²) in [4.78, 5) is 15.0. The van der Waals surface area contributed by atoms with E-state index in [-0.39, 0.29) is 16.4 Å². The van der Waals surface area contributed by atoms with Crippen LogP contribution in [0.5, 0.6) is 0 Å². The molecule has 0 amide bonds. The second kappa shape index (κ2) is 3.62. The Bertz CT molecular complexity index is 352. The molecule has 1 heterocycles. The average molecular weight is 201 g/mol. The van der Waals surface area contributed by atoms with Gasteiger partial charge in [-0.1, -0.05) is 11.6 Å². The van der Waals surface area contributed by atoms with Gasteiger partial charge in [0.05, 0.1) is 18.4 Å². The molecule has 0 spiro atoms. The molecule has 70 valence electrons. The van der Waals surface area contributed by atoms with Gasteiger partial charge in [0.25, 0.3) is 0 Å².